The van der Waals surface area contributed by atoms with Crippen LogP contribution in [0.3, 0.4) is 0 Å². The first kappa shape index (κ1) is 21.0. The molecule has 0 radical (unpaired) electrons. The van der Waals surface area contributed by atoms with Gasteiger partial charge in [0.15, 0.2) is 0 Å². The minimum Gasteiger partial charge on any atom is -0.342 e. The Balaban J connectivity index is 2.18. The maximum absolute atomic E-state index is 12.8. The maximum Gasteiger partial charge on any atom is 0.259 e. The van der Waals surface area contributed by atoms with Crippen LogP contribution in [0.2, 0.25) is 5.15 Å². The van der Waals surface area contributed by atoms with Gasteiger partial charge in [-0.15, -0.1) is 0 Å². The number of benzene rings is 1. The van der Waals surface area contributed by atoms with Gasteiger partial charge in [-0.2, -0.15) is 5.10 Å². The van der Waals surface area contributed by atoms with Crippen molar-refractivity contribution in [2.45, 2.75) is 34.2 Å². The van der Waals surface area contributed by atoms with Gasteiger partial charge < -0.3 is 9.80 Å². The number of aromatic nitrogens is 2. The van der Waals surface area contributed by atoms with Crippen LogP contribution in [-0.4, -0.2) is 58.1 Å². The lowest BCUT2D eigenvalue weighted by atomic mass is 10.1. The molecule has 6 nitrogen and oxygen atoms in total. The largest absolute Gasteiger partial charge is 0.342 e. The zero-order valence-corrected chi connectivity index (χ0v) is 17.4. The number of likely N-dealkylation sites (N-methyl/N-ethyl adjacent to an activating group) is 2. The number of carbonyl (C=O) groups excluding carboxylic acids is 2. The number of amides is 2. The lowest BCUT2D eigenvalue weighted by molar-refractivity contribution is -0.131. The van der Waals surface area contributed by atoms with E-state index < -0.39 is 0 Å². The lowest BCUT2D eigenvalue weighted by Crippen LogP contribution is -2.41. The minimum atomic E-state index is -0.298. The number of nitrogens with zero attached hydrogens (tertiary/aromatic N) is 4. The van der Waals surface area contributed by atoms with Gasteiger partial charge in [-0.25, -0.2) is 4.68 Å². The van der Waals surface area contributed by atoms with Gasteiger partial charge in [-0.1, -0.05) is 41.4 Å². The average Bonchev–Trinajstić information content (AvgIpc) is 2.90. The highest BCUT2D eigenvalue weighted by molar-refractivity contribution is 6.33. The Kier molecular flexibility index (Phi) is 7.02. The van der Waals surface area contributed by atoms with Crippen molar-refractivity contribution in [3.8, 4) is 0 Å². The number of hydrogen-bond donors (Lipinski definition) is 0. The van der Waals surface area contributed by atoms with E-state index in [-0.39, 0.29) is 18.4 Å². The summed E-state index contributed by atoms with van der Waals surface area (Å²) in [5.41, 5.74) is 3.13. The molecule has 0 N–H and O–H groups in total. The van der Waals surface area contributed by atoms with E-state index in [0.717, 1.165) is 5.56 Å². The van der Waals surface area contributed by atoms with Gasteiger partial charge in [-0.05, 0) is 33.3 Å². The van der Waals surface area contributed by atoms with Crippen LogP contribution < -0.4 is 0 Å². The van der Waals surface area contributed by atoms with Gasteiger partial charge in [0.1, 0.15) is 5.15 Å². The topological polar surface area (TPSA) is 58.4 Å². The quantitative estimate of drug-likeness (QED) is 0.729. The monoisotopic (exact) mass is 390 g/mol. The fourth-order valence-electron chi connectivity index (χ4n) is 2.91. The van der Waals surface area contributed by atoms with Crippen molar-refractivity contribution in [1.29, 1.82) is 0 Å². The van der Waals surface area contributed by atoms with Crippen molar-refractivity contribution >= 4 is 23.4 Å². The van der Waals surface area contributed by atoms with Crippen molar-refractivity contribution in [2.75, 3.05) is 26.7 Å². The Bertz CT molecular complexity index is 810. The predicted molar refractivity (Wildman–Crippen MR) is 107 cm³/mol. The number of hydrogen-bond acceptors (Lipinski definition) is 3. The molecule has 0 unspecified atom stereocenters. The lowest BCUT2D eigenvalue weighted by Gasteiger charge is -2.23. The first-order valence-corrected chi connectivity index (χ1v) is 9.47. The third-order valence-electron chi connectivity index (χ3n) is 4.57. The summed E-state index contributed by atoms with van der Waals surface area (Å²) in [6.45, 7) is 9.34. The molecule has 7 heteroatoms. The van der Waals surface area contributed by atoms with Gasteiger partial charge >= 0.3 is 0 Å². The van der Waals surface area contributed by atoms with Gasteiger partial charge in [0.25, 0.3) is 5.91 Å². The highest BCUT2D eigenvalue weighted by Gasteiger charge is 2.25. The second-order valence-corrected chi connectivity index (χ2v) is 6.98. The fourth-order valence-corrected chi connectivity index (χ4v) is 3.22. The van der Waals surface area contributed by atoms with E-state index in [2.05, 4.69) is 5.10 Å². The zero-order valence-electron chi connectivity index (χ0n) is 16.6. The number of rotatable bonds is 7. The summed E-state index contributed by atoms with van der Waals surface area (Å²) in [5.74, 6) is -0.384. The molecule has 2 amide bonds. The second kappa shape index (κ2) is 9.04. The third-order valence-corrected chi connectivity index (χ3v) is 4.95. The van der Waals surface area contributed by atoms with E-state index in [0.29, 0.717) is 36.0 Å². The van der Waals surface area contributed by atoms with Crippen molar-refractivity contribution in [2.24, 2.45) is 0 Å². The molecule has 0 aliphatic carbocycles. The summed E-state index contributed by atoms with van der Waals surface area (Å²) >= 11 is 6.46. The molecule has 0 spiro atoms. The fraction of sp³-hybridized carbons (Fsp3) is 0.450. The SMILES string of the molecule is CCN(CC)C(=O)CN(C)C(=O)c1c(C)nn(Cc2ccc(C)cc2)c1Cl. The molecular weight excluding hydrogens is 364 g/mol. The molecule has 1 heterocycles. The average molecular weight is 391 g/mol. The summed E-state index contributed by atoms with van der Waals surface area (Å²) in [5, 5.41) is 4.71. The zero-order chi connectivity index (χ0) is 20.1. The molecule has 2 rings (SSSR count). The summed E-state index contributed by atoms with van der Waals surface area (Å²) in [4.78, 5) is 28.2. The Morgan fingerprint density at radius 2 is 1.70 bits per heavy atom. The van der Waals surface area contributed by atoms with E-state index >= 15 is 0 Å². The van der Waals surface area contributed by atoms with E-state index in [1.54, 1.807) is 23.6 Å². The molecule has 2 aromatic rings. The predicted octanol–water partition coefficient (Wildman–Crippen LogP) is 3.14. The van der Waals surface area contributed by atoms with Crippen LogP contribution in [0.5, 0.6) is 0 Å². The minimum absolute atomic E-state index is 0.0133. The highest BCUT2D eigenvalue weighted by atomic mass is 35.5. The van der Waals surface area contributed by atoms with Gasteiger partial charge in [-0.3, -0.25) is 9.59 Å². The summed E-state index contributed by atoms with van der Waals surface area (Å²) < 4.78 is 1.62. The van der Waals surface area contributed by atoms with Crippen molar-refractivity contribution in [1.82, 2.24) is 19.6 Å². The first-order chi connectivity index (χ1) is 12.8. The Morgan fingerprint density at radius 3 is 2.26 bits per heavy atom. The molecule has 0 aliphatic heterocycles. The summed E-state index contributed by atoms with van der Waals surface area (Å²) in [6.07, 6.45) is 0. The number of carbonyl (C=O) groups is 2. The molecule has 1 aromatic carbocycles. The van der Waals surface area contributed by atoms with Crippen LogP contribution in [0.4, 0.5) is 0 Å². The number of halogens is 1. The van der Waals surface area contributed by atoms with E-state index in [4.69, 9.17) is 11.6 Å². The molecule has 0 aliphatic rings. The van der Waals surface area contributed by atoms with Crippen LogP contribution in [0.15, 0.2) is 24.3 Å². The molecule has 0 fully saturated rings. The van der Waals surface area contributed by atoms with Crippen molar-refractivity contribution in [3.63, 3.8) is 0 Å². The third kappa shape index (κ3) is 4.89. The Hall–Kier alpha value is -2.34. The van der Waals surface area contributed by atoms with Crippen molar-refractivity contribution < 1.29 is 9.59 Å². The molecule has 0 atom stereocenters. The van der Waals surface area contributed by atoms with Crippen LogP contribution >= 0.6 is 11.6 Å². The molecule has 146 valence electrons. The molecule has 27 heavy (non-hydrogen) atoms. The smallest absolute Gasteiger partial charge is 0.259 e. The van der Waals surface area contributed by atoms with Gasteiger partial charge in [0.2, 0.25) is 5.91 Å². The maximum atomic E-state index is 12.8. The van der Waals surface area contributed by atoms with Crippen LogP contribution in [0, 0.1) is 13.8 Å². The Labute approximate surface area is 165 Å². The molecule has 0 saturated heterocycles. The second-order valence-electron chi connectivity index (χ2n) is 6.62. The van der Waals surface area contributed by atoms with Crippen LogP contribution in [-0.2, 0) is 11.3 Å². The summed E-state index contributed by atoms with van der Waals surface area (Å²) in [7, 11) is 1.61. The van der Waals surface area contributed by atoms with E-state index in [1.165, 1.54) is 10.5 Å². The standard InChI is InChI=1S/C20H27ClN4O2/c1-6-24(7-2)17(26)13-23(5)20(27)18-15(4)22-25(19(18)21)12-16-10-8-14(3)9-11-16/h8-11H,6-7,12-13H2,1-5H3. The van der Waals surface area contributed by atoms with E-state index in [1.807, 2.05) is 45.0 Å². The highest BCUT2D eigenvalue weighted by Crippen LogP contribution is 2.22. The molecule has 1 aromatic heterocycles. The number of aryl methyl sites for hydroxylation is 2. The van der Waals surface area contributed by atoms with Crippen LogP contribution in [0.25, 0.3) is 0 Å². The molecular formula is C20H27ClN4O2. The van der Waals surface area contributed by atoms with Crippen LogP contribution in [0.1, 0.15) is 41.0 Å². The summed E-state index contributed by atoms with van der Waals surface area (Å²) in [6, 6.07) is 8.08. The Morgan fingerprint density at radius 1 is 1.11 bits per heavy atom. The van der Waals surface area contributed by atoms with Gasteiger partial charge in [0, 0.05) is 20.1 Å². The molecule has 0 bridgehead atoms. The first-order valence-electron chi connectivity index (χ1n) is 9.10. The molecule has 0 saturated carbocycles. The van der Waals surface area contributed by atoms with E-state index in [9.17, 15) is 9.59 Å². The van der Waals surface area contributed by atoms with Gasteiger partial charge in [0.05, 0.1) is 24.3 Å². The normalized spacial score (nSPS) is 10.7. The van der Waals surface area contributed by atoms with Crippen molar-refractivity contribution in [3.05, 3.63) is 51.8 Å².